The molecule has 0 bridgehead atoms. The molecule has 0 aliphatic rings. The van der Waals surface area contributed by atoms with E-state index in [1.54, 1.807) is 25.5 Å². The van der Waals surface area contributed by atoms with Crippen LogP contribution in [-0.2, 0) is 0 Å². The molecule has 13 heavy (non-hydrogen) atoms. The lowest BCUT2D eigenvalue weighted by atomic mass is 10.1. The van der Waals surface area contributed by atoms with Crippen molar-refractivity contribution in [3.8, 4) is 0 Å². The Bertz CT molecular complexity index is 311. The second kappa shape index (κ2) is 4.40. The predicted octanol–water partition coefficient (Wildman–Crippen LogP) is 1.49. The number of aromatic nitrogens is 1. The topological polar surface area (TPSA) is 48.8 Å². The van der Waals surface area contributed by atoms with Crippen molar-refractivity contribution in [1.29, 1.82) is 5.41 Å². The molecule has 68 valence electrons. The SMILES string of the molecule is CN/C=C\C(=N)c1ccc(C)nc1. The van der Waals surface area contributed by atoms with Gasteiger partial charge in [0.2, 0.25) is 0 Å². The molecule has 3 heteroatoms. The number of nitrogens with zero attached hydrogens (tertiary/aromatic N) is 1. The molecule has 0 fully saturated rings. The van der Waals surface area contributed by atoms with Gasteiger partial charge in [-0.05, 0) is 31.3 Å². The van der Waals surface area contributed by atoms with Crippen LogP contribution in [0.15, 0.2) is 30.6 Å². The highest BCUT2D eigenvalue weighted by Crippen LogP contribution is 2.00. The van der Waals surface area contributed by atoms with Crippen molar-refractivity contribution >= 4 is 5.71 Å². The van der Waals surface area contributed by atoms with Gasteiger partial charge in [0, 0.05) is 24.5 Å². The first-order valence-electron chi connectivity index (χ1n) is 4.09. The van der Waals surface area contributed by atoms with Crippen LogP contribution in [0.1, 0.15) is 11.3 Å². The fourth-order valence-electron chi connectivity index (χ4n) is 0.890. The normalized spacial score (nSPS) is 10.3. The van der Waals surface area contributed by atoms with Gasteiger partial charge in [0.05, 0.1) is 5.71 Å². The average Bonchev–Trinajstić information content (AvgIpc) is 2.15. The summed E-state index contributed by atoms with van der Waals surface area (Å²) in [4.78, 5) is 4.11. The smallest absolute Gasteiger partial charge is 0.0642 e. The van der Waals surface area contributed by atoms with Gasteiger partial charge >= 0.3 is 0 Å². The van der Waals surface area contributed by atoms with Gasteiger partial charge in [-0.2, -0.15) is 0 Å². The van der Waals surface area contributed by atoms with Crippen molar-refractivity contribution in [2.24, 2.45) is 0 Å². The predicted molar refractivity (Wildman–Crippen MR) is 54.0 cm³/mol. The van der Waals surface area contributed by atoms with E-state index in [9.17, 15) is 0 Å². The molecule has 0 aliphatic carbocycles. The minimum Gasteiger partial charge on any atom is -0.394 e. The highest BCUT2D eigenvalue weighted by atomic mass is 14.8. The van der Waals surface area contributed by atoms with Crippen LogP contribution in [0.4, 0.5) is 0 Å². The molecule has 1 aromatic heterocycles. The molecule has 0 aromatic carbocycles. The van der Waals surface area contributed by atoms with Crippen LogP contribution in [-0.4, -0.2) is 17.7 Å². The Morgan fingerprint density at radius 1 is 1.54 bits per heavy atom. The molecule has 0 amide bonds. The highest BCUT2D eigenvalue weighted by Gasteiger charge is 1.96. The van der Waals surface area contributed by atoms with E-state index in [0.717, 1.165) is 11.3 Å². The summed E-state index contributed by atoms with van der Waals surface area (Å²) in [5, 5.41) is 10.5. The van der Waals surface area contributed by atoms with Crippen LogP contribution in [0.3, 0.4) is 0 Å². The second-order valence-electron chi connectivity index (χ2n) is 2.72. The van der Waals surface area contributed by atoms with Crippen LogP contribution in [0.2, 0.25) is 0 Å². The lowest BCUT2D eigenvalue weighted by Crippen LogP contribution is -1.99. The van der Waals surface area contributed by atoms with Crippen molar-refractivity contribution in [3.63, 3.8) is 0 Å². The molecular formula is C10H13N3. The van der Waals surface area contributed by atoms with Gasteiger partial charge in [0.1, 0.15) is 0 Å². The van der Waals surface area contributed by atoms with Crippen LogP contribution in [0, 0.1) is 12.3 Å². The fraction of sp³-hybridized carbons (Fsp3) is 0.200. The summed E-state index contributed by atoms with van der Waals surface area (Å²) in [6.07, 6.45) is 5.13. The average molecular weight is 175 g/mol. The van der Waals surface area contributed by atoms with Crippen LogP contribution in [0.5, 0.6) is 0 Å². The van der Waals surface area contributed by atoms with E-state index < -0.39 is 0 Å². The van der Waals surface area contributed by atoms with Crippen molar-refractivity contribution < 1.29 is 0 Å². The number of hydrogen-bond donors (Lipinski definition) is 2. The van der Waals surface area contributed by atoms with Gasteiger partial charge in [-0.15, -0.1) is 0 Å². The largest absolute Gasteiger partial charge is 0.394 e. The molecular weight excluding hydrogens is 162 g/mol. The molecule has 2 N–H and O–H groups in total. The summed E-state index contributed by atoms with van der Waals surface area (Å²) in [6, 6.07) is 3.79. The lowest BCUT2D eigenvalue weighted by molar-refractivity contribution is 1.10. The minimum absolute atomic E-state index is 0.460. The monoisotopic (exact) mass is 175 g/mol. The molecule has 0 atom stereocenters. The Balaban J connectivity index is 2.78. The van der Waals surface area contributed by atoms with E-state index in [4.69, 9.17) is 5.41 Å². The van der Waals surface area contributed by atoms with E-state index >= 15 is 0 Å². The van der Waals surface area contributed by atoms with E-state index in [2.05, 4.69) is 10.3 Å². The van der Waals surface area contributed by atoms with Gasteiger partial charge in [-0.1, -0.05) is 0 Å². The maximum atomic E-state index is 7.64. The Morgan fingerprint density at radius 2 is 2.31 bits per heavy atom. The lowest BCUT2D eigenvalue weighted by Gasteiger charge is -1.98. The van der Waals surface area contributed by atoms with Gasteiger partial charge in [0.15, 0.2) is 0 Å². The Morgan fingerprint density at radius 3 is 2.85 bits per heavy atom. The van der Waals surface area contributed by atoms with Crippen molar-refractivity contribution in [2.75, 3.05) is 7.05 Å². The standard InChI is InChI=1S/C10H13N3/c1-8-3-4-9(7-13-8)10(11)5-6-12-2/h3-7,11-12H,1-2H3/b6-5-,11-10?. The fourth-order valence-corrected chi connectivity index (χ4v) is 0.890. The molecule has 1 heterocycles. The number of nitrogens with one attached hydrogen (secondary N) is 2. The molecule has 0 spiro atoms. The third-order valence-electron chi connectivity index (χ3n) is 1.64. The molecule has 0 saturated heterocycles. The Hall–Kier alpha value is -1.64. The molecule has 0 radical (unpaired) electrons. The zero-order valence-electron chi connectivity index (χ0n) is 7.83. The first-order chi connectivity index (χ1) is 6.24. The summed E-state index contributed by atoms with van der Waals surface area (Å²) in [5.74, 6) is 0. The molecule has 0 aliphatic heterocycles. The molecule has 1 aromatic rings. The zero-order chi connectivity index (χ0) is 9.68. The molecule has 0 saturated carbocycles. The van der Waals surface area contributed by atoms with E-state index in [0.29, 0.717) is 5.71 Å². The first kappa shape index (κ1) is 9.45. The second-order valence-corrected chi connectivity index (χ2v) is 2.72. The number of aryl methyl sites for hydroxylation is 1. The summed E-state index contributed by atoms with van der Waals surface area (Å²) < 4.78 is 0. The highest BCUT2D eigenvalue weighted by molar-refractivity contribution is 6.06. The zero-order valence-corrected chi connectivity index (χ0v) is 7.83. The summed E-state index contributed by atoms with van der Waals surface area (Å²) in [7, 11) is 1.80. The van der Waals surface area contributed by atoms with Crippen molar-refractivity contribution in [3.05, 3.63) is 41.9 Å². The Kier molecular flexibility index (Phi) is 3.20. The summed E-state index contributed by atoms with van der Waals surface area (Å²) >= 11 is 0. The van der Waals surface area contributed by atoms with Crippen LogP contribution < -0.4 is 5.32 Å². The molecule has 0 unspecified atom stereocenters. The van der Waals surface area contributed by atoms with Crippen LogP contribution >= 0.6 is 0 Å². The maximum Gasteiger partial charge on any atom is 0.0642 e. The number of hydrogen-bond acceptors (Lipinski definition) is 3. The van der Waals surface area contributed by atoms with E-state index in [-0.39, 0.29) is 0 Å². The number of pyridine rings is 1. The van der Waals surface area contributed by atoms with Gasteiger partial charge in [-0.25, -0.2) is 0 Å². The minimum atomic E-state index is 0.460. The third-order valence-corrected chi connectivity index (χ3v) is 1.64. The molecule has 1 rings (SSSR count). The quantitative estimate of drug-likeness (QED) is 0.684. The Labute approximate surface area is 78.0 Å². The van der Waals surface area contributed by atoms with Gasteiger partial charge in [0.25, 0.3) is 0 Å². The third kappa shape index (κ3) is 2.71. The summed E-state index contributed by atoms with van der Waals surface area (Å²) in [5.41, 5.74) is 2.26. The van der Waals surface area contributed by atoms with E-state index in [1.807, 2.05) is 19.1 Å². The van der Waals surface area contributed by atoms with Gasteiger partial charge < -0.3 is 10.7 Å². The molecule has 3 nitrogen and oxygen atoms in total. The number of allylic oxidation sites excluding steroid dienone is 1. The summed E-state index contributed by atoms with van der Waals surface area (Å²) in [6.45, 7) is 1.93. The van der Waals surface area contributed by atoms with Crippen molar-refractivity contribution in [2.45, 2.75) is 6.92 Å². The number of rotatable bonds is 3. The first-order valence-corrected chi connectivity index (χ1v) is 4.09. The van der Waals surface area contributed by atoms with E-state index in [1.165, 1.54) is 0 Å². The van der Waals surface area contributed by atoms with Crippen molar-refractivity contribution in [1.82, 2.24) is 10.3 Å². The van der Waals surface area contributed by atoms with Gasteiger partial charge in [-0.3, -0.25) is 4.98 Å². The van der Waals surface area contributed by atoms with Crippen LogP contribution in [0.25, 0.3) is 0 Å². The maximum absolute atomic E-state index is 7.64.